The minimum Gasteiger partial charge on any atom is -0.337 e. The molecule has 96 valence electrons. The number of thiophene rings is 1. The van der Waals surface area contributed by atoms with E-state index in [1.165, 1.54) is 0 Å². The maximum absolute atomic E-state index is 12.6. The van der Waals surface area contributed by atoms with E-state index in [1.54, 1.807) is 11.3 Å². The van der Waals surface area contributed by atoms with Crippen LogP contribution in [0.3, 0.4) is 0 Å². The van der Waals surface area contributed by atoms with Crippen molar-refractivity contribution in [1.82, 2.24) is 4.90 Å². The van der Waals surface area contributed by atoms with Gasteiger partial charge in [-0.15, -0.1) is 11.3 Å². The van der Waals surface area contributed by atoms with Crippen molar-refractivity contribution >= 4 is 27.3 Å². The van der Waals surface area contributed by atoms with Crippen LogP contribution in [0, 0.1) is 17.2 Å². The van der Waals surface area contributed by atoms with Crippen LogP contribution in [0.15, 0.2) is 29.6 Å². The van der Waals surface area contributed by atoms with Gasteiger partial charge in [-0.25, -0.2) is 0 Å². The number of carbonyl (C=O) groups is 1. The molecule has 2 aromatic rings. The van der Waals surface area contributed by atoms with Gasteiger partial charge in [-0.05, 0) is 18.9 Å². The Labute approximate surface area is 116 Å². The zero-order valence-corrected chi connectivity index (χ0v) is 11.3. The number of hydrogen-bond acceptors (Lipinski definition) is 3. The van der Waals surface area contributed by atoms with Crippen molar-refractivity contribution in [3.05, 3.63) is 35.2 Å². The number of benzene rings is 1. The van der Waals surface area contributed by atoms with Crippen molar-refractivity contribution in [3.63, 3.8) is 0 Å². The first-order chi connectivity index (χ1) is 9.29. The second-order valence-electron chi connectivity index (χ2n) is 4.86. The molecular weight excluding hydrogens is 256 g/mol. The molecule has 1 aromatic carbocycles. The van der Waals surface area contributed by atoms with Gasteiger partial charge < -0.3 is 4.90 Å². The molecule has 3 rings (SSSR count). The van der Waals surface area contributed by atoms with E-state index < -0.39 is 0 Å². The summed E-state index contributed by atoms with van der Waals surface area (Å²) in [5.41, 5.74) is 0.777. The van der Waals surface area contributed by atoms with Gasteiger partial charge in [0.25, 0.3) is 5.91 Å². The van der Waals surface area contributed by atoms with Crippen LogP contribution in [0.25, 0.3) is 10.1 Å². The van der Waals surface area contributed by atoms with Crippen molar-refractivity contribution in [2.24, 2.45) is 5.92 Å². The molecule has 1 aliphatic heterocycles. The number of nitrogens with zero attached hydrogens (tertiary/aromatic N) is 2. The molecule has 4 heteroatoms. The monoisotopic (exact) mass is 270 g/mol. The van der Waals surface area contributed by atoms with E-state index in [0.29, 0.717) is 6.54 Å². The maximum atomic E-state index is 12.6. The number of rotatable bonds is 1. The first-order valence-electron chi connectivity index (χ1n) is 6.44. The van der Waals surface area contributed by atoms with Crippen LogP contribution in [0.2, 0.25) is 0 Å². The summed E-state index contributed by atoms with van der Waals surface area (Å²) < 4.78 is 1.14. The van der Waals surface area contributed by atoms with Crippen molar-refractivity contribution < 1.29 is 4.79 Å². The van der Waals surface area contributed by atoms with E-state index in [2.05, 4.69) is 6.07 Å². The van der Waals surface area contributed by atoms with Gasteiger partial charge in [-0.2, -0.15) is 5.26 Å². The summed E-state index contributed by atoms with van der Waals surface area (Å²) in [6.07, 6.45) is 1.83. The average molecular weight is 270 g/mol. The van der Waals surface area contributed by atoms with Gasteiger partial charge in [-0.3, -0.25) is 4.79 Å². The summed E-state index contributed by atoms with van der Waals surface area (Å²) in [7, 11) is 0. The Morgan fingerprint density at radius 1 is 1.42 bits per heavy atom. The van der Waals surface area contributed by atoms with Crippen LogP contribution in [0.1, 0.15) is 23.2 Å². The van der Waals surface area contributed by atoms with E-state index in [1.807, 2.05) is 34.5 Å². The molecule has 1 saturated heterocycles. The molecule has 1 amide bonds. The van der Waals surface area contributed by atoms with Crippen molar-refractivity contribution in [1.29, 1.82) is 5.26 Å². The van der Waals surface area contributed by atoms with Gasteiger partial charge in [-0.1, -0.05) is 18.2 Å². The van der Waals surface area contributed by atoms with Gasteiger partial charge in [0.15, 0.2) is 0 Å². The number of fused-ring (bicyclic) bond motifs is 1. The summed E-state index contributed by atoms with van der Waals surface area (Å²) in [6, 6.07) is 10.2. The highest BCUT2D eigenvalue weighted by atomic mass is 32.1. The van der Waals surface area contributed by atoms with Crippen molar-refractivity contribution in [3.8, 4) is 6.07 Å². The fraction of sp³-hybridized carbons (Fsp3) is 0.333. The third-order valence-electron chi connectivity index (χ3n) is 3.60. The Balaban J connectivity index is 1.90. The minimum absolute atomic E-state index is 0.0115. The van der Waals surface area contributed by atoms with Crippen LogP contribution < -0.4 is 0 Å². The smallest absolute Gasteiger partial charge is 0.255 e. The molecule has 0 saturated carbocycles. The van der Waals surface area contributed by atoms with Crippen molar-refractivity contribution in [2.75, 3.05) is 13.1 Å². The first kappa shape index (κ1) is 12.2. The van der Waals surface area contributed by atoms with E-state index in [9.17, 15) is 4.79 Å². The highest BCUT2D eigenvalue weighted by Gasteiger charge is 2.25. The van der Waals surface area contributed by atoms with E-state index in [0.717, 1.165) is 35.0 Å². The maximum Gasteiger partial charge on any atom is 0.255 e. The third kappa shape index (κ3) is 2.22. The number of nitriles is 1. The molecule has 1 aromatic heterocycles. The Morgan fingerprint density at radius 3 is 3.11 bits per heavy atom. The SMILES string of the molecule is N#CC1CCCN(C(=O)c2csc3ccccc23)C1. The van der Waals surface area contributed by atoms with Crippen molar-refractivity contribution in [2.45, 2.75) is 12.8 Å². The number of piperidine rings is 1. The fourth-order valence-electron chi connectivity index (χ4n) is 2.58. The molecule has 2 heterocycles. The van der Waals surface area contributed by atoms with Crippen LogP contribution in [0.5, 0.6) is 0 Å². The van der Waals surface area contributed by atoms with Gasteiger partial charge in [0.2, 0.25) is 0 Å². The van der Waals surface area contributed by atoms with Crippen LogP contribution in [-0.2, 0) is 0 Å². The van der Waals surface area contributed by atoms with Gasteiger partial charge >= 0.3 is 0 Å². The predicted octanol–water partition coefficient (Wildman–Crippen LogP) is 3.28. The molecule has 0 spiro atoms. The second-order valence-corrected chi connectivity index (χ2v) is 5.78. The van der Waals surface area contributed by atoms with Crippen LogP contribution in [0.4, 0.5) is 0 Å². The minimum atomic E-state index is -0.0115. The Hall–Kier alpha value is -1.86. The number of carbonyl (C=O) groups excluding carboxylic acids is 1. The molecule has 1 atom stereocenters. The lowest BCUT2D eigenvalue weighted by Crippen LogP contribution is -2.39. The van der Waals surface area contributed by atoms with Gasteiger partial charge in [0, 0.05) is 28.6 Å². The molecule has 0 radical (unpaired) electrons. The Morgan fingerprint density at radius 2 is 2.26 bits per heavy atom. The highest BCUT2D eigenvalue weighted by molar-refractivity contribution is 7.17. The molecule has 0 aliphatic carbocycles. The fourth-order valence-corrected chi connectivity index (χ4v) is 3.52. The summed E-state index contributed by atoms with van der Waals surface area (Å²) in [6.45, 7) is 1.33. The molecule has 1 aliphatic rings. The molecule has 1 unspecified atom stereocenters. The van der Waals surface area contributed by atoms with E-state index in [4.69, 9.17) is 5.26 Å². The van der Waals surface area contributed by atoms with Crippen LogP contribution >= 0.6 is 11.3 Å². The summed E-state index contributed by atoms with van der Waals surface area (Å²) >= 11 is 1.60. The highest BCUT2D eigenvalue weighted by Crippen LogP contribution is 2.28. The lowest BCUT2D eigenvalue weighted by Gasteiger charge is -2.29. The third-order valence-corrected chi connectivity index (χ3v) is 4.57. The standard InChI is InChI=1S/C15H14N2OS/c16-8-11-4-3-7-17(9-11)15(18)13-10-19-14-6-2-1-5-12(13)14/h1-2,5-6,10-11H,3-4,7,9H2. The van der Waals surface area contributed by atoms with E-state index >= 15 is 0 Å². The Kier molecular flexibility index (Phi) is 3.22. The molecule has 1 fully saturated rings. The lowest BCUT2D eigenvalue weighted by atomic mass is 9.99. The molecular formula is C15H14N2OS. The normalized spacial score (nSPS) is 19.3. The topological polar surface area (TPSA) is 44.1 Å². The number of amides is 1. The summed E-state index contributed by atoms with van der Waals surface area (Å²) in [4.78, 5) is 14.4. The number of likely N-dealkylation sites (tertiary alicyclic amines) is 1. The van der Waals surface area contributed by atoms with Gasteiger partial charge in [0.05, 0.1) is 17.6 Å². The predicted molar refractivity (Wildman–Crippen MR) is 76.1 cm³/mol. The zero-order chi connectivity index (χ0) is 13.2. The zero-order valence-electron chi connectivity index (χ0n) is 10.5. The molecule has 0 N–H and O–H groups in total. The molecule has 3 nitrogen and oxygen atoms in total. The second kappa shape index (κ2) is 5.02. The number of hydrogen-bond donors (Lipinski definition) is 0. The summed E-state index contributed by atoms with van der Waals surface area (Å²) in [5, 5.41) is 12.0. The summed E-state index contributed by atoms with van der Waals surface area (Å²) in [5.74, 6) is 0.0556. The Bertz CT molecular complexity index is 655. The van der Waals surface area contributed by atoms with E-state index in [-0.39, 0.29) is 11.8 Å². The van der Waals surface area contributed by atoms with Gasteiger partial charge in [0.1, 0.15) is 0 Å². The average Bonchev–Trinajstić information content (AvgIpc) is 2.90. The molecule has 0 bridgehead atoms. The lowest BCUT2D eigenvalue weighted by molar-refractivity contribution is 0.0701. The first-order valence-corrected chi connectivity index (χ1v) is 7.32. The quantitative estimate of drug-likeness (QED) is 0.798. The molecule has 19 heavy (non-hydrogen) atoms. The van der Waals surface area contributed by atoms with Crippen LogP contribution in [-0.4, -0.2) is 23.9 Å². The largest absolute Gasteiger partial charge is 0.337 e.